The number of nitrogens with one attached hydrogen (secondary N) is 1. The summed E-state index contributed by atoms with van der Waals surface area (Å²) in [7, 11) is 0. The smallest absolute Gasteiger partial charge is 0.241 e. The molecule has 0 saturated carbocycles. The molecule has 0 fully saturated rings. The number of nitrogens with zero attached hydrogens (tertiary/aromatic N) is 1. The fourth-order valence-corrected chi connectivity index (χ4v) is 2.12. The van der Waals surface area contributed by atoms with E-state index in [9.17, 15) is 9.18 Å². The normalized spacial score (nSPS) is 12.4. The first-order valence-corrected chi connectivity index (χ1v) is 7.09. The van der Waals surface area contributed by atoms with Crippen molar-refractivity contribution in [3.05, 3.63) is 24.0 Å². The number of nitrogen functional groups attached to an aromatic ring is 1. The number of benzene rings is 1. The van der Waals surface area contributed by atoms with Crippen molar-refractivity contribution in [1.82, 2.24) is 4.90 Å². The van der Waals surface area contributed by atoms with E-state index in [0.29, 0.717) is 5.69 Å². The molecule has 112 valence electrons. The van der Waals surface area contributed by atoms with Crippen molar-refractivity contribution in [1.29, 1.82) is 0 Å². The summed E-state index contributed by atoms with van der Waals surface area (Å²) in [6.45, 7) is 7.68. The Kier molecular flexibility index (Phi) is 6.45. The maximum atomic E-state index is 13.6. The number of anilines is 2. The molecular formula is C15H24FN3O. The standard InChI is InChI=1S/C15H24FN3O/c1-4-8-19(9-5-2)11(3)15(20)18-14-10-12(17)6-7-13(14)16/h6-7,10-11H,4-5,8-9,17H2,1-3H3,(H,18,20). The lowest BCUT2D eigenvalue weighted by Gasteiger charge is -2.27. The van der Waals surface area contributed by atoms with Gasteiger partial charge in [0.15, 0.2) is 0 Å². The van der Waals surface area contributed by atoms with Gasteiger partial charge in [-0.1, -0.05) is 13.8 Å². The van der Waals surface area contributed by atoms with Crippen LogP contribution in [0.3, 0.4) is 0 Å². The van der Waals surface area contributed by atoms with E-state index in [0.717, 1.165) is 25.9 Å². The lowest BCUT2D eigenvalue weighted by molar-refractivity contribution is -0.120. The number of halogens is 1. The minimum absolute atomic E-state index is 0.134. The minimum Gasteiger partial charge on any atom is -0.399 e. The molecule has 1 unspecified atom stereocenters. The molecule has 0 aliphatic carbocycles. The van der Waals surface area contributed by atoms with E-state index in [-0.39, 0.29) is 17.6 Å². The van der Waals surface area contributed by atoms with Gasteiger partial charge in [0.1, 0.15) is 5.82 Å². The lowest BCUT2D eigenvalue weighted by Crippen LogP contribution is -2.43. The van der Waals surface area contributed by atoms with Crippen LogP contribution in [0.15, 0.2) is 18.2 Å². The summed E-state index contributed by atoms with van der Waals surface area (Å²) in [5.74, 6) is -0.686. The highest BCUT2D eigenvalue weighted by atomic mass is 19.1. The van der Waals surface area contributed by atoms with Gasteiger partial charge in [-0.25, -0.2) is 4.39 Å². The van der Waals surface area contributed by atoms with Gasteiger partial charge in [0, 0.05) is 5.69 Å². The summed E-state index contributed by atoms with van der Waals surface area (Å²) in [6.07, 6.45) is 1.95. The highest BCUT2D eigenvalue weighted by molar-refractivity contribution is 5.95. The maximum Gasteiger partial charge on any atom is 0.241 e. The second-order valence-electron chi connectivity index (χ2n) is 4.94. The predicted octanol–water partition coefficient (Wildman–Crippen LogP) is 2.86. The monoisotopic (exact) mass is 281 g/mol. The van der Waals surface area contributed by atoms with E-state index < -0.39 is 5.82 Å². The first kappa shape index (κ1) is 16.4. The molecule has 0 aromatic heterocycles. The van der Waals surface area contributed by atoms with Gasteiger partial charge in [0.25, 0.3) is 0 Å². The largest absolute Gasteiger partial charge is 0.399 e. The Hall–Kier alpha value is -1.62. The van der Waals surface area contributed by atoms with E-state index >= 15 is 0 Å². The van der Waals surface area contributed by atoms with Crippen LogP contribution in [-0.2, 0) is 4.79 Å². The predicted molar refractivity (Wildman–Crippen MR) is 81.1 cm³/mol. The third-order valence-corrected chi connectivity index (χ3v) is 3.20. The van der Waals surface area contributed by atoms with Crippen LogP contribution in [0.4, 0.5) is 15.8 Å². The van der Waals surface area contributed by atoms with Gasteiger partial charge in [-0.2, -0.15) is 0 Å². The Bertz CT molecular complexity index is 445. The van der Waals surface area contributed by atoms with Gasteiger partial charge < -0.3 is 11.1 Å². The summed E-state index contributed by atoms with van der Waals surface area (Å²) >= 11 is 0. The Morgan fingerprint density at radius 2 is 1.95 bits per heavy atom. The van der Waals surface area contributed by atoms with Crippen molar-refractivity contribution in [2.75, 3.05) is 24.1 Å². The van der Waals surface area contributed by atoms with Gasteiger partial charge >= 0.3 is 0 Å². The first-order valence-electron chi connectivity index (χ1n) is 7.09. The number of amides is 1. The number of hydrogen-bond donors (Lipinski definition) is 2. The third-order valence-electron chi connectivity index (χ3n) is 3.20. The fraction of sp³-hybridized carbons (Fsp3) is 0.533. The van der Waals surface area contributed by atoms with Crippen LogP contribution in [-0.4, -0.2) is 29.9 Å². The van der Waals surface area contributed by atoms with Gasteiger partial charge in [0.2, 0.25) is 5.91 Å². The zero-order chi connectivity index (χ0) is 15.1. The molecular weight excluding hydrogens is 257 g/mol. The van der Waals surface area contributed by atoms with Crippen molar-refractivity contribution >= 4 is 17.3 Å². The maximum absolute atomic E-state index is 13.6. The number of hydrogen-bond acceptors (Lipinski definition) is 3. The molecule has 1 rings (SSSR count). The summed E-state index contributed by atoms with van der Waals surface area (Å²) < 4.78 is 13.6. The summed E-state index contributed by atoms with van der Waals surface area (Å²) in [5.41, 5.74) is 6.16. The van der Waals surface area contributed by atoms with Gasteiger partial charge in [-0.3, -0.25) is 9.69 Å². The molecule has 0 aliphatic heterocycles. The van der Waals surface area contributed by atoms with E-state index in [1.165, 1.54) is 18.2 Å². The van der Waals surface area contributed by atoms with Crippen LogP contribution in [0.5, 0.6) is 0 Å². The number of nitrogens with two attached hydrogens (primary N) is 1. The highest BCUT2D eigenvalue weighted by Gasteiger charge is 2.20. The van der Waals surface area contributed by atoms with E-state index in [1.54, 1.807) is 0 Å². The van der Waals surface area contributed by atoms with Crippen LogP contribution in [0.25, 0.3) is 0 Å². The average Bonchev–Trinajstić information content (AvgIpc) is 2.41. The quantitative estimate of drug-likeness (QED) is 0.756. The van der Waals surface area contributed by atoms with Crippen LogP contribution in [0.1, 0.15) is 33.6 Å². The molecule has 1 amide bonds. The molecule has 0 bridgehead atoms. The van der Waals surface area contributed by atoms with E-state index in [2.05, 4.69) is 24.1 Å². The van der Waals surface area contributed by atoms with E-state index in [1.807, 2.05) is 6.92 Å². The molecule has 0 aliphatic rings. The van der Waals surface area contributed by atoms with Gasteiger partial charge in [0.05, 0.1) is 11.7 Å². The lowest BCUT2D eigenvalue weighted by atomic mass is 10.2. The number of carbonyl (C=O) groups is 1. The molecule has 5 heteroatoms. The Balaban J connectivity index is 2.75. The van der Waals surface area contributed by atoms with Crippen LogP contribution < -0.4 is 11.1 Å². The van der Waals surface area contributed by atoms with Crippen LogP contribution >= 0.6 is 0 Å². The fourth-order valence-electron chi connectivity index (χ4n) is 2.12. The van der Waals surface area contributed by atoms with Crippen LogP contribution in [0, 0.1) is 5.82 Å². The van der Waals surface area contributed by atoms with Gasteiger partial charge in [-0.05, 0) is 51.1 Å². The molecule has 1 aromatic rings. The van der Waals surface area contributed by atoms with Crippen molar-refractivity contribution in [2.45, 2.75) is 39.7 Å². The van der Waals surface area contributed by atoms with Crippen molar-refractivity contribution in [3.63, 3.8) is 0 Å². The molecule has 0 heterocycles. The second kappa shape index (κ2) is 7.85. The summed E-state index contributed by atoms with van der Waals surface area (Å²) in [5, 5.41) is 2.61. The third kappa shape index (κ3) is 4.49. The second-order valence-corrected chi connectivity index (χ2v) is 4.94. The van der Waals surface area contributed by atoms with Crippen molar-refractivity contribution < 1.29 is 9.18 Å². The molecule has 1 atom stereocenters. The van der Waals surface area contributed by atoms with Crippen LogP contribution in [0.2, 0.25) is 0 Å². The number of carbonyl (C=O) groups excluding carboxylic acids is 1. The molecule has 3 N–H and O–H groups in total. The van der Waals surface area contributed by atoms with Gasteiger partial charge in [-0.15, -0.1) is 0 Å². The molecule has 1 aromatic carbocycles. The molecule has 0 saturated heterocycles. The first-order chi connectivity index (χ1) is 9.49. The molecule has 0 radical (unpaired) electrons. The SMILES string of the molecule is CCCN(CCC)C(C)C(=O)Nc1cc(N)ccc1F. The zero-order valence-corrected chi connectivity index (χ0v) is 12.4. The number of rotatable bonds is 7. The Morgan fingerprint density at radius 3 is 2.50 bits per heavy atom. The molecule has 20 heavy (non-hydrogen) atoms. The minimum atomic E-state index is -0.475. The van der Waals surface area contributed by atoms with E-state index in [4.69, 9.17) is 5.73 Å². The molecule has 4 nitrogen and oxygen atoms in total. The average molecular weight is 281 g/mol. The Labute approximate surface area is 120 Å². The summed E-state index contributed by atoms with van der Waals surface area (Å²) in [4.78, 5) is 14.3. The topological polar surface area (TPSA) is 58.4 Å². The highest BCUT2D eigenvalue weighted by Crippen LogP contribution is 2.18. The summed E-state index contributed by atoms with van der Waals surface area (Å²) in [6, 6.07) is 3.86. The molecule has 0 spiro atoms. The zero-order valence-electron chi connectivity index (χ0n) is 12.4. The van der Waals surface area contributed by atoms with Crippen molar-refractivity contribution in [2.24, 2.45) is 0 Å². The Morgan fingerprint density at radius 1 is 1.35 bits per heavy atom. The van der Waals surface area contributed by atoms with Crippen molar-refractivity contribution in [3.8, 4) is 0 Å².